The quantitative estimate of drug-likeness (QED) is 0.345. The van der Waals surface area contributed by atoms with Crippen molar-refractivity contribution in [2.75, 3.05) is 0 Å². The average Bonchev–Trinajstić information content (AvgIpc) is 2.04. The maximum Gasteiger partial charge on any atom is 0.195 e. The summed E-state index contributed by atoms with van der Waals surface area (Å²) in [6.07, 6.45) is 0. The summed E-state index contributed by atoms with van der Waals surface area (Å²) < 4.78 is 0. The second-order valence-electron chi connectivity index (χ2n) is 2.63. The number of rotatable bonds is 0. The molecule has 0 aliphatic carbocycles. The summed E-state index contributed by atoms with van der Waals surface area (Å²) in [6, 6.07) is 0. The smallest absolute Gasteiger partial charge is 0.195 e. The SMILES string of the molecule is CC1(C)NC(=S)N=C1NO. The van der Waals surface area contributed by atoms with E-state index in [4.69, 9.17) is 17.4 Å². The Kier molecular flexibility index (Phi) is 1.61. The van der Waals surface area contributed by atoms with Crippen LogP contribution in [0.2, 0.25) is 0 Å². The summed E-state index contributed by atoms with van der Waals surface area (Å²) in [5, 5.41) is 11.8. The van der Waals surface area contributed by atoms with Gasteiger partial charge < -0.3 is 5.32 Å². The average molecular weight is 159 g/mol. The third-order valence-corrected chi connectivity index (χ3v) is 1.52. The standard InChI is InChI=1S/C5H9N3OS/c1-5(2)3(8-9)6-4(10)7-5/h9H,1-2H3,(H2,6,7,8,10). The van der Waals surface area contributed by atoms with E-state index in [2.05, 4.69) is 10.3 Å². The summed E-state index contributed by atoms with van der Waals surface area (Å²) in [5.41, 5.74) is 1.62. The molecule has 0 bridgehead atoms. The van der Waals surface area contributed by atoms with E-state index in [1.54, 1.807) is 0 Å². The zero-order chi connectivity index (χ0) is 7.78. The predicted molar refractivity (Wildman–Crippen MR) is 42.2 cm³/mol. The highest BCUT2D eigenvalue weighted by Crippen LogP contribution is 2.09. The van der Waals surface area contributed by atoms with Gasteiger partial charge in [0.15, 0.2) is 10.9 Å². The van der Waals surface area contributed by atoms with E-state index in [1.807, 2.05) is 19.3 Å². The van der Waals surface area contributed by atoms with Gasteiger partial charge in [-0.2, -0.15) is 0 Å². The van der Waals surface area contributed by atoms with E-state index in [-0.39, 0.29) is 5.54 Å². The number of amidine groups is 1. The first-order valence-electron chi connectivity index (χ1n) is 2.87. The minimum Gasteiger partial charge on any atom is -0.349 e. The summed E-state index contributed by atoms with van der Waals surface area (Å²) >= 11 is 4.76. The van der Waals surface area contributed by atoms with E-state index >= 15 is 0 Å². The van der Waals surface area contributed by atoms with Gasteiger partial charge in [-0.25, -0.2) is 4.99 Å². The number of thiocarbonyl (C=S) groups is 1. The molecule has 4 nitrogen and oxygen atoms in total. The van der Waals surface area contributed by atoms with Gasteiger partial charge in [0.05, 0.1) is 5.54 Å². The Morgan fingerprint density at radius 2 is 2.30 bits per heavy atom. The number of nitrogens with one attached hydrogen (secondary N) is 2. The van der Waals surface area contributed by atoms with Crippen molar-refractivity contribution in [3.05, 3.63) is 0 Å². The third-order valence-electron chi connectivity index (χ3n) is 1.33. The van der Waals surface area contributed by atoms with Crippen molar-refractivity contribution in [1.82, 2.24) is 10.8 Å². The van der Waals surface area contributed by atoms with Gasteiger partial charge in [-0.3, -0.25) is 10.7 Å². The topological polar surface area (TPSA) is 56.7 Å². The molecule has 0 radical (unpaired) electrons. The second-order valence-corrected chi connectivity index (χ2v) is 3.01. The molecular formula is C5H9N3OS. The number of hydroxylamine groups is 1. The fourth-order valence-corrected chi connectivity index (χ4v) is 1.11. The first-order chi connectivity index (χ1) is 4.56. The zero-order valence-electron chi connectivity index (χ0n) is 5.80. The van der Waals surface area contributed by atoms with Gasteiger partial charge in [-0.1, -0.05) is 0 Å². The predicted octanol–water partition coefficient (Wildman–Crippen LogP) is 0.0304. The van der Waals surface area contributed by atoms with Crippen molar-refractivity contribution >= 4 is 23.2 Å². The Morgan fingerprint density at radius 3 is 2.50 bits per heavy atom. The number of aliphatic imine (C=N–C) groups is 1. The van der Waals surface area contributed by atoms with Gasteiger partial charge in [-0.15, -0.1) is 0 Å². The molecule has 0 saturated carbocycles. The summed E-state index contributed by atoms with van der Waals surface area (Å²) in [6.45, 7) is 3.74. The van der Waals surface area contributed by atoms with Crippen LogP contribution in [0.25, 0.3) is 0 Å². The number of hydrogen-bond donors (Lipinski definition) is 3. The molecule has 0 fully saturated rings. The van der Waals surface area contributed by atoms with E-state index in [9.17, 15) is 0 Å². The second kappa shape index (κ2) is 2.17. The van der Waals surface area contributed by atoms with Gasteiger partial charge in [-0.05, 0) is 26.1 Å². The summed E-state index contributed by atoms with van der Waals surface area (Å²) in [4.78, 5) is 3.84. The summed E-state index contributed by atoms with van der Waals surface area (Å²) in [5.74, 6) is 0.456. The van der Waals surface area contributed by atoms with Gasteiger partial charge >= 0.3 is 0 Å². The highest BCUT2D eigenvalue weighted by molar-refractivity contribution is 7.80. The lowest BCUT2D eigenvalue weighted by Gasteiger charge is -2.19. The van der Waals surface area contributed by atoms with Crippen LogP contribution in [0.15, 0.2) is 4.99 Å². The van der Waals surface area contributed by atoms with E-state index in [1.165, 1.54) is 0 Å². The maximum atomic E-state index is 8.54. The minimum atomic E-state index is -0.369. The van der Waals surface area contributed by atoms with Crippen molar-refractivity contribution < 1.29 is 5.21 Å². The molecule has 1 heterocycles. The van der Waals surface area contributed by atoms with Gasteiger partial charge in [0.25, 0.3) is 0 Å². The molecule has 0 unspecified atom stereocenters. The highest BCUT2D eigenvalue weighted by atomic mass is 32.1. The van der Waals surface area contributed by atoms with Crippen molar-refractivity contribution in [2.45, 2.75) is 19.4 Å². The Labute approximate surface area is 64.3 Å². The lowest BCUT2D eigenvalue weighted by molar-refractivity contribution is 0.226. The highest BCUT2D eigenvalue weighted by Gasteiger charge is 2.31. The number of nitrogens with zero attached hydrogens (tertiary/aromatic N) is 1. The molecule has 3 N–H and O–H groups in total. The summed E-state index contributed by atoms with van der Waals surface area (Å²) in [7, 11) is 0. The zero-order valence-corrected chi connectivity index (χ0v) is 6.62. The van der Waals surface area contributed by atoms with Crippen LogP contribution in [-0.2, 0) is 0 Å². The molecule has 0 aromatic rings. The Bertz CT molecular complexity index is 199. The van der Waals surface area contributed by atoms with E-state index < -0.39 is 0 Å². The van der Waals surface area contributed by atoms with Crippen LogP contribution in [0.5, 0.6) is 0 Å². The van der Waals surface area contributed by atoms with Crippen molar-refractivity contribution in [3.63, 3.8) is 0 Å². The molecular weight excluding hydrogens is 150 g/mol. The van der Waals surface area contributed by atoms with Gasteiger partial charge in [0.1, 0.15) is 0 Å². The molecule has 5 heteroatoms. The van der Waals surface area contributed by atoms with Crippen LogP contribution in [0.4, 0.5) is 0 Å². The van der Waals surface area contributed by atoms with Crippen molar-refractivity contribution in [1.29, 1.82) is 0 Å². The fraction of sp³-hybridized carbons (Fsp3) is 0.600. The van der Waals surface area contributed by atoms with Crippen LogP contribution in [-0.4, -0.2) is 21.7 Å². The fourth-order valence-electron chi connectivity index (χ4n) is 0.761. The molecule has 1 aliphatic heterocycles. The molecule has 0 saturated heterocycles. The van der Waals surface area contributed by atoms with Crippen molar-refractivity contribution in [2.24, 2.45) is 4.99 Å². The molecule has 1 aliphatic rings. The maximum absolute atomic E-state index is 8.54. The van der Waals surface area contributed by atoms with Crippen LogP contribution in [0, 0.1) is 0 Å². The van der Waals surface area contributed by atoms with Crippen molar-refractivity contribution in [3.8, 4) is 0 Å². The molecule has 0 spiro atoms. The normalized spacial score (nSPS) is 21.9. The Morgan fingerprint density at radius 1 is 1.70 bits per heavy atom. The number of hydrogen-bond acceptors (Lipinski definition) is 3. The molecule has 1 rings (SSSR count). The van der Waals surface area contributed by atoms with Gasteiger partial charge in [0, 0.05) is 0 Å². The Balaban J connectivity index is 2.86. The minimum absolute atomic E-state index is 0.369. The third kappa shape index (κ3) is 1.10. The van der Waals surface area contributed by atoms with Gasteiger partial charge in [0.2, 0.25) is 0 Å². The molecule has 0 amide bonds. The monoisotopic (exact) mass is 159 g/mol. The lowest BCUT2D eigenvalue weighted by Crippen LogP contribution is -2.47. The largest absolute Gasteiger partial charge is 0.349 e. The van der Waals surface area contributed by atoms with Crippen LogP contribution < -0.4 is 10.8 Å². The van der Waals surface area contributed by atoms with E-state index in [0.717, 1.165) is 0 Å². The first-order valence-corrected chi connectivity index (χ1v) is 3.28. The van der Waals surface area contributed by atoms with Crippen LogP contribution in [0.3, 0.4) is 0 Å². The van der Waals surface area contributed by atoms with Crippen LogP contribution >= 0.6 is 12.2 Å². The molecule has 56 valence electrons. The molecule has 0 aromatic heterocycles. The van der Waals surface area contributed by atoms with E-state index in [0.29, 0.717) is 10.9 Å². The Hall–Kier alpha value is -0.680. The molecule has 0 atom stereocenters. The lowest BCUT2D eigenvalue weighted by atomic mass is 10.1. The van der Waals surface area contributed by atoms with Crippen LogP contribution in [0.1, 0.15) is 13.8 Å². The molecule has 0 aromatic carbocycles. The first kappa shape index (κ1) is 7.43. The molecule has 10 heavy (non-hydrogen) atoms.